The highest BCUT2D eigenvalue weighted by atomic mass is 16.5. The van der Waals surface area contributed by atoms with Crippen molar-refractivity contribution < 1.29 is 19.4 Å². The van der Waals surface area contributed by atoms with E-state index in [0.29, 0.717) is 26.2 Å². The van der Waals surface area contributed by atoms with Gasteiger partial charge in [0.25, 0.3) is 5.91 Å². The zero-order valence-corrected chi connectivity index (χ0v) is 11.7. The summed E-state index contributed by atoms with van der Waals surface area (Å²) in [5, 5.41) is 12.2. The molecule has 2 N–H and O–H groups in total. The van der Waals surface area contributed by atoms with E-state index in [4.69, 9.17) is 9.84 Å². The zero-order valence-electron chi connectivity index (χ0n) is 11.7. The largest absolute Gasteiger partial charge is 0.478 e. The van der Waals surface area contributed by atoms with Crippen LogP contribution in [-0.4, -0.2) is 54.2 Å². The molecule has 112 valence electrons. The number of nitrogens with zero attached hydrogens (tertiary/aromatic N) is 1. The van der Waals surface area contributed by atoms with E-state index < -0.39 is 12.1 Å². The van der Waals surface area contributed by atoms with Gasteiger partial charge in [0.1, 0.15) is 6.10 Å². The second-order valence-electron chi connectivity index (χ2n) is 5.36. The van der Waals surface area contributed by atoms with Crippen LogP contribution in [0.5, 0.6) is 0 Å². The molecule has 0 saturated carbocycles. The molecular weight excluding hydrogens is 272 g/mol. The first kappa shape index (κ1) is 14.0. The number of fused-ring (bicyclic) bond motifs is 1. The van der Waals surface area contributed by atoms with Gasteiger partial charge in [-0.2, -0.15) is 0 Å². The predicted molar refractivity (Wildman–Crippen MR) is 75.1 cm³/mol. The number of hydrogen-bond acceptors (Lipinski definition) is 4. The standard InChI is InChI=1S/C15H18N2O4/c18-14(13-8-16-4-6-21-13)17-5-3-10-1-2-11(15(19)20)7-12(10)9-17/h1-2,7,13,16H,3-6,8-9H2,(H,19,20). The Labute approximate surface area is 122 Å². The maximum absolute atomic E-state index is 12.4. The van der Waals surface area contributed by atoms with Crippen LogP contribution >= 0.6 is 0 Å². The minimum Gasteiger partial charge on any atom is -0.478 e. The molecule has 1 unspecified atom stereocenters. The van der Waals surface area contributed by atoms with E-state index >= 15 is 0 Å². The Morgan fingerprint density at radius 2 is 2.19 bits per heavy atom. The number of nitrogens with one attached hydrogen (secondary N) is 1. The molecule has 1 aromatic carbocycles. The summed E-state index contributed by atoms with van der Waals surface area (Å²) in [6.45, 7) is 2.96. The van der Waals surface area contributed by atoms with Crippen molar-refractivity contribution in [1.29, 1.82) is 0 Å². The molecule has 21 heavy (non-hydrogen) atoms. The average Bonchev–Trinajstić information content (AvgIpc) is 2.54. The molecule has 1 amide bonds. The summed E-state index contributed by atoms with van der Waals surface area (Å²) < 4.78 is 5.50. The van der Waals surface area contributed by atoms with E-state index in [2.05, 4.69) is 5.32 Å². The third-order valence-electron chi connectivity index (χ3n) is 3.98. The van der Waals surface area contributed by atoms with Gasteiger partial charge in [0, 0.05) is 26.2 Å². The summed E-state index contributed by atoms with van der Waals surface area (Å²) in [5.41, 5.74) is 2.30. The Morgan fingerprint density at radius 1 is 1.33 bits per heavy atom. The van der Waals surface area contributed by atoms with Gasteiger partial charge in [-0.1, -0.05) is 6.07 Å². The average molecular weight is 290 g/mol. The lowest BCUT2D eigenvalue weighted by molar-refractivity contribution is -0.146. The molecule has 6 heteroatoms. The number of aromatic carboxylic acids is 1. The predicted octanol–water partition coefficient (Wildman–Crippen LogP) is 0.258. The van der Waals surface area contributed by atoms with Crippen molar-refractivity contribution in [3.05, 3.63) is 34.9 Å². The van der Waals surface area contributed by atoms with Crippen LogP contribution in [0, 0.1) is 0 Å². The van der Waals surface area contributed by atoms with Crippen LogP contribution in [0.2, 0.25) is 0 Å². The number of benzene rings is 1. The Morgan fingerprint density at radius 3 is 2.90 bits per heavy atom. The van der Waals surface area contributed by atoms with Gasteiger partial charge in [-0.3, -0.25) is 4.79 Å². The Hall–Kier alpha value is -1.92. The summed E-state index contributed by atoms with van der Waals surface area (Å²) in [5.74, 6) is -0.963. The summed E-state index contributed by atoms with van der Waals surface area (Å²) in [7, 11) is 0. The highest BCUT2D eigenvalue weighted by molar-refractivity contribution is 5.88. The molecule has 0 bridgehead atoms. The lowest BCUT2D eigenvalue weighted by Crippen LogP contribution is -2.50. The van der Waals surface area contributed by atoms with Gasteiger partial charge in [0.05, 0.1) is 12.2 Å². The van der Waals surface area contributed by atoms with E-state index in [0.717, 1.165) is 24.1 Å². The number of hydrogen-bond donors (Lipinski definition) is 2. The molecule has 3 rings (SSSR count). The fourth-order valence-corrected chi connectivity index (χ4v) is 2.81. The maximum atomic E-state index is 12.4. The first-order valence-corrected chi connectivity index (χ1v) is 7.11. The van der Waals surface area contributed by atoms with Crippen LogP contribution in [0.25, 0.3) is 0 Å². The third-order valence-corrected chi connectivity index (χ3v) is 3.98. The van der Waals surface area contributed by atoms with Crippen molar-refractivity contribution in [2.75, 3.05) is 26.2 Å². The van der Waals surface area contributed by atoms with Crippen LogP contribution < -0.4 is 5.32 Å². The van der Waals surface area contributed by atoms with Gasteiger partial charge in [-0.25, -0.2) is 4.79 Å². The number of carbonyl (C=O) groups is 2. The molecule has 1 fully saturated rings. The number of morpholine rings is 1. The second-order valence-corrected chi connectivity index (χ2v) is 5.36. The molecule has 1 saturated heterocycles. The fraction of sp³-hybridized carbons (Fsp3) is 0.467. The van der Waals surface area contributed by atoms with Crippen LogP contribution in [-0.2, 0) is 22.5 Å². The number of ether oxygens (including phenoxy) is 1. The van der Waals surface area contributed by atoms with Crippen molar-refractivity contribution >= 4 is 11.9 Å². The number of carbonyl (C=O) groups excluding carboxylic acids is 1. The first-order valence-electron chi connectivity index (χ1n) is 7.11. The lowest BCUT2D eigenvalue weighted by atomic mass is 9.97. The van der Waals surface area contributed by atoms with Gasteiger partial charge >= 0.3 is 5.97 Å². The molecule has 2 heterocycles. The van der Waals surface area contributed by atoms with Gasteiger partial charge in [-0.05, 0) is 29.7 Å². The number of carboxylic acid groups (broad SMARTS) is 1. The first-order chi connectivity index (χ1) is 10.1. The minimum absolute atomic E-state index is 0.0198. The van der Waals surface area contributed by atoms with E-state index in [9.17, 15) is 9.59 Å². The molecule has 2 aliphatic heterocycles. The van der Waals surface area contributed by atoms with E-state index in [1.165, 1.54) is 0 Å². The van der Waals surface area contributed by atoms with Gasteiger partial charge in [0.15, 0.2) is 0 Å². The zero-order chi connectivity index (χ0) is 14.8. The maximum Gasteiger partial charge on any atom is 0.335 e. The molecular formula is C15H18N2O4. The van der Waals surface area contributed by atoms with Gasteiger partial charge in [-0.15, -0.1) is 0 Å². The van der Waals surface area contributed by atoms with Gasteiger partial charge in [0.2, 0.25) is 0 Å². The Balaban J connectivity index is 1.75. The summed E-state index contributed by atoms with van der Waals surface area (Å²) >= 11 is 0. The van der Waals surface area contributed by atoms with Crippen molar-refractivity contribution in [3.8, 4) is 0 Å². The third kappa shape index (κ3) is 2.91. The SMILES string of the molecule is O=C(O)c1ccc2c(c1)CN(C(=O)C1CNCCO1)CC2. The van der Waals surface area contributed by atoms with Crippen LogP contribution in [0.1, 0.15) is 21.5 Å². The minimum atomic E-state index is -0.943. The molecule has 0 aliphatic carbocycles. The van der Waals surface area contributed by atoms with Gasteiger partial charge < -0.3 is 20.1 Å². The summed E-state index contributed by atoms with van der Waals surface area (Å²) in [6, 6.07) is 5.13. The Bertz CT molecular complexity index is 567. The monoisotopic (exact) mass is 290 g/mol. The molecule has 1 aromatic rings. The van der Waals surface area contributed by atoms with Crippen LogP contribution in [0.3, 0.4) is 0 Å². The highest BCUT2D eigenvalue weighted by Gasteiger charge is 2.29. The Kier molecular flexibility index (Phi) is 3.90. The van der Waals surface area contributed by atoms with Crippen molar-refractivity contribution in [2.45, 2.75) is 19.1 Å². The quantitative estimate of drug-likeness (QED) is 0.817. The molecule has 1 atom stereocenters. The van der Waals surface area contributed by atoms with Crippen LogP contribution in [0.4, 0.5) is 0 Å². The lowest BCUT2D eigenvalue weighted by Gasteiger charge is -2.33. The smallest absolute Gasteiger partial charge is 0.335 e. The summed E-state index contributed by atoms with van der Waals surface area (Å²) in [6.07, 6.45) is 0.323. The van der Waals surface area contributed by atoms with E-state index in [1.807, 2.05) is 6.07 Å². The van der Waals surface area contributed by atoms with Crippen molar-refractivity contribution in [1.82, 2.24) is 10.2 Å². The number of rotatable bonds is 2. The van der Waals surface area contributed by atoms with Crippen molar-refractivity contribution in [2.24, 2.45) is 0 Å². The molecule has 0 spiro atoms. The fourth-order valence-electron chi connectivity index (χ4n) is 2.81. The second kappa shape index (κ2) is 5.83. The van der Waals surface area contributed by atoms with Crippen LogP contribution in [0.15, 0.2) is 18.2 Å². The normalized spacial score (nSPS) is 21.7. The topological polar surface area (TPSA) is 78.9 Å². The molecule has 2 aliphatic rings. The molecule has 0 radical (unpaired) electrons. The molecule has 6 nitrogen and oxygen atoms in total. The number of amides is 1. The summed E-state index contributed by atoms with van der Waals surface area (Å²) in [4.78, 5) is 25.2. The van der Waals surface area contributed by atoms with Crippen molar-refractivity contribution in [3.63, 3.8) is 0 Å². The van der Waals surface area contributed by atoms with E-state index in [1.54, 1.807) is 17.0 Å². The van der Waals surface area contributed by atoms with E-state index in [-0.39, 0.29) is 11.5 Å². The highest BCUT2D eigenvalue weighted by Crippen LogP contribution is 2.21. The molecule has 0 aromatic heterocycles. The number of carboxylic acids is 1.